The minimum atomic E-state index is 0. The highest BCUT2D eigenvalue weighted by atomic mass is 127. The number of hydrogen-bond acceptors (Lipinski definition) is 4. The molecule has 32 heavy (non-hydrogen) atoms. The van der Waals surface area contributed by atoms with Gasteiger partial charge in [-0.15, -0.1) is 24.0 Å². The zero-order valence-corrected chi connectivity index (χ0v) is 21.9. The molecule has 0 aromatic heterocycles. The molecule has 0 bridgehead atoms. The van der Waals surface area contributed by atoms with Crippen molar-refractivity contribution in [2.45, 2.75) is 33.2 Å². The zero-order valence-electron chi connectivity index (χ0n) is 19.6. The molecule has 6 nitrogen and oxygen atoms in total. The third kappa shape index (κ3) is 7.85. The van der Waals surface area contributed by atoms with Crippen LogP contribution in [0.4, 0.5) is 0 Å². The maximum atomic E-state index is 6.15. The molecular weight excluding hydrogens is 517 g/mol. The largest absolute Gasteiger partial charge is 0.496 e. The number of nitrogens with zero attached hydrogens (tertiary/aromatic N) is 1. The molecule has 1 heterocycles. The second-order valence-electron chi connectivity index (χ2n) is 8.06. The number of hydrogen-bond donors (Lipinski definition) is 2. The highest BCUT2D eigenvalue weighted by Crippen LogP contribution is 2.23. The quantitative estimate of drug-likeness (QED) is 0.276. The molecule has 0 saturated carbocycles. The minimum absolute atomic E-state index is 0. The Bertz CT molecular complexity index is 883. The molecule has 1 fully saturated rings. The van der Waals surface area contributed by atoms with Gasteiger partial charge in [0.25, 0.3) is 0 Å². The second kappa shape index (κ2) is 13.5. The maximum absolute atomic E-state index is 6.15. The molecule has 1 aliphatic rings. The van der Waals surface area contributed by atoms with E-state index in [2.05, 4.69) is 65.9 Å². The van der Waals surface area contributed by atoms with Crippen LogP contribution in [0.15, 0.2) is 41.4 Å². The Morgan fingerprint density at radius 1 is 1.12 bits per heavy atom. The van der Waals surface area contributed by atoms with Crippen LogP contribution in [0.5, 0.6) is 11.5 Å². The number of methoxy groups -OCH3 is 1. The van der Waals surface area contributed by atoms with Gasteiger partial charge in [-0.05, 0) is 55.5 Å². The molecule has 1 saturated heterocycles. The fraction of sp³-hybridized carbons (Fsp3) is 0.480. The Kier molecular flexibility index (Phi) is 11.1. The van der Waals surface area contributed by atoms with Crippen molar-refractivity contribution in [3.63, 3.8) is 0 Å². The van der Waals surface area contributed by atoms with Crippen LogP contribution in [0.25, 0.3) is 0 Å². The Morgan fingerprint density at radius 3 is 2.69 bits per heavy atom. The average molecular weight is 553 g/mol. The lowest BCUT2D eigenvalue weighted by molar-refractivity contribution is 0.166. The third-order valence-corrected chi connectivity index (χ3v) is 5.57. The first-order valence-electron chi connectivity index (χ1n) is 11.0. The molecule has 2 aromatic rings. The number of nitrogens with one attached hydrogen (secondary N) is 2. The first-order valence-corrected chi connectivity index (χ1v) is 11.0. The molecule has 2 N–H and O–H groups in total. The standard InChI is InChI=1S/C25H35N3O3.HI/c1-18-5-8-22(24(13-18)31-17-21-10-12-30-16-21)15-28-25(26-3)27-11-9-20-7-6-19(2)23(14-20)29-4;/h5-8,13-14,21H,9-12,15-17H2,1-4H3,(H2,26,27,28);1H. The first kappa shape index (κ1) is 26.3. The van der Waals surface area contributed by atoms with Crippen molar-refractivity contribution in [2.24, 2.45) is 10.9 Å². The van der Waals surface area contributed by atoms with Crippen molar-refractivity contribution >= 4 is 29.9 Å². The van der Waals surface area contributed by atoms with E-state index >= 15 is 0 Å². The molecular formula is C25H36IN3O3. The minimum Gasteiger partial charge on any atom is -0.496 e. The lowest BCUT2D eigenvalue weighted by Crippen LogP contribution is -2.38. The number of guanidine groups is 1. The van der Waals surface area contributed by atoms with Crippen molar-refractivity contribution in [3.8, 4) is 11.5 Å². The third-order valence-electron chi connectivity index (χ3n) is 5.57. The van der Waals surface area contributed by atoms with Crippen LogP contribution in [-0.2, 0) is 17.7 Å². The summed E-state index contributed by atoms with van der Waals surface area (Å²) >= 11 is 0. The predicted octanol–water partition coefficient (Wildman–Crippen LogP) is 4.25. The van der Waals surface area contributed by atoms with E-state index in [0.717, 1.165) is 61.2 Å². The highest BCUT2D eigenvalue weighted by Gasteiger charge is 2.17. The van der Waals surface area contributed by atoms with Crippen LogP contribution in [0, 0.1) is 19.8 Å². The van der Waals surface area contributed by atoms with E-state index in [0.29, 0.717) is 19.1 Å². The Morgan fingerprint density at radius 2 is 1.97 bits per heavy atom. The summed E-state index contributed by atoms with van der Waals surface area (Å²) in [5.41, 5.74) is 4.69. The fourth-order valence-electron chi connectivity index (χ4n) is 3.61. The van der Waals surface area contributed by atoms with Crippen molar-refractivity contribution in [1.82, 2.24) is 10.6 Å². The number of aliphatic imine (C=N–C) groups is 1. The van der Waals surface area contributed by atoms with Gasteiger partial charge in [-0.3, -0.25) is 4.99 Å². The van der Waals surface area contributed by atoms with E-state index in [9.17, 15) is 0 Å². The monoisotopic (exact) mass is 553 g/mol. The molecule has 7 heteroatoms. The Labute approximate surface area is 209 Å². The lowest BCUT2D eigenvalue weighted by Gasteiger charge is -2.17. The van der Waals surface area contributed by atoms with Crippen molar-refractivity contribution in [2.75, 3.05) is 40.5 Å². The van der Waals surface area contributed by atoms with E-state index in [1.165, 1.54) is 11.1 Å². The Hall–Kier alpha value is -2.00. The molecule has 1 aliphatic heterocycles. The maximum Gasteiger partial charge on any atom is 0.191 e. The molecule has 176 valence electrons. The fourth-order valence-corrected chi connectivity index (χ4v) is 3.61. The number of rotatable bonds is 9. The number of aryl methyl sites for hydroxylation is 2. The van der Waals surface area contributed by atoms with Crippen LogP contribution < -0.4 is 20.1 Å². The van der Waals surface area contributed by atoms with Gasteiger partial charge < -0.3 is 24.8 Å². The van der Waals surface area contributed by atoms with E-state index < -0.39 is 0 Å². The van der Waals surface area contributed by atoms with Gasteiger partial charge in [0.15, 0.2) is 5.96 Å². The van der Waals surface area contributed by atoms with Gasteiger partial charge in [0, 0.05) is 38.2 Å². The van der Waals surface area contributed by atoms with E-state index in [1.807, 2.05) is 0 Å². The van der Waals surface area contributed by atoms with E-state index in [-0.39, 0.29) is 24.0 Å². The van der Waals surface area contributed by atoms with Crippen LogP contribution in [0.3, 0.4) is 0 Å². The van der Waals surface area contributed by atoms with Gasteiger partial charge in [0.2, 0.25) is 0 Å². The summed E-state index contributed by atoms with van der Waals surface area (Å²) in [4.78, 5) is 4.35. The summed E-state index contributed by atoms with van der Waals surface area (Å²) in [6.07, 6.45) is 1.96. The van der Waals surface area contributed by atoms with Crippen molar-refractivity contribution in [3.05, 3.63) is 58.7 Å². The summed E-state index contributed by atoms with van der Waals surface area (Å²) in [5, 5.41) is 6.79. The van der Waals surface area contributed by atoms with Gasteiger partial charge in [-0.2, -0.15) is 0 Å². The van der Waals surface area contributed by atoms with Gasteiger partial charge >= 0.3 is 0 Å². The van der Waals surface area contributed by atoms with E-state index in [1.54, 1.807) is 14.2 Å². The highest BCUT2D eigenvalue weighted by molar-refractivity contribution is 14.0. The lowest BCUT2D eigenvalue weighted by atomic mass is 10.1. The summed E-state index contributed by atoms with van der Waals surface area (Å²) in [5.74, 6) is 3.11. The molecule has 0 spiro atoms. The molecule has 1 unspecified atom stereocenters. The van der Waals surface area contributed by atoms with Crippen LogP contribution in [-0.4, -0.2) is 46.5 Å². The molecule has 0 amide bonds. The zero-order chi connectivity index (χ0) is 22.1. The molecule has 3 rings (SSSR count). The second-order valence-corrected chi connectivity index (χ2v) is 8.06. The molecule has 2 aromatic carbocycles. The first-order chi connectivity index (χ1) is 15.1. The molecule has 0 aliphatic carbocycles. The van der Waals surface area contributed by atoms with Crippen LogP contribution in [0.1, 0.15) is 28.7 Å². The number of halogens is 1. The summed E-state index contributed by atoms with van der Waals surface area (Å²) in [6.45, 7) is 7.90. The summed E-state index contributed by atoms with van der Waals surface area (Å²) in [7, 11) is 3.50. The number of ether oxygens (including phenoxy) is 3. The van der Waals surface area contributed by atoms with Gasteiger partial charge in [0.05, 0.1) is 20.3 Å². The van der Waals surface area contributed by atoms with Gasteiger partial charge in [0.1, 0.15) is 11.5 Å². The molecule has 1 atom stereocenters. The van der Waals surface area contributed by atoms with Gasteiger partial charge in [-0.25, -0.2) is 0 Å². The Balaban J connectivity index is 0.00000363. The van der Waals surface area contributed by atoms with E-state index in [4.69, 9.17) is 14.2 Å². The van der Waals surface area contributed by atoms with Gasteiger partial charge in [-0.1, -0.05) is 24.3 Å². The normalized spacial score (nSPS) is 15.8. The SMILES string of the molecule is CN=C(NCCc1ccc(C)c(OC)c1)NCc1ccc(C)cc1OCC1CCOC1.I. The van der Waals surface area contributed by atoms with Crippen LogP contribution >= 0.6 is 24.0 Å². The number of benzene rings is 2. The molecule has 0 radical (unpaired) electrons. The smallest absolute Gasteiger partial charge is 0.191 e. The summed E-state index contributed by atoms with van der Waals surface area (Å²) in [6, 6.07) is 12.7. The average Bonchev–Trinajstić information content (AvgIpc) is 3.30. The topological polar surface area (TPSA) is 64.1 Å². The predicted molar refractivity (Wildman–Crippen MR) is 141 cm³/mol. The summed E-state index contributed by atoms with van der Waals surface area (Å²) < 4.78 is 17.0. The van der Waals surface area contributed by atoms with Crippen molar-refractivity contribution < 1.29 is 14.2 Å². The van der Waals surface area contributed by atoms with Crippen LogP contribution in [0.2, 0.25) is 0 Å². The van der Waals surface area contributed by atoms with Crippen molar-refractivity contribution in [1.29, 1.82) is 0 Å².